The maximum absolute atomic E-state index is 12.7. The van der Waals surface area contributed by atoms with E-state index in [0.29, 0.717) is 19.6 Å². The van der Waals surface area contributed by atoms with Crippen LogP contribution in [0, 0.1) is 5.82 Å². The lowest BCUT2D eigenvalue weighted by Gasteiger charge is -2.01. The van der Waals surface area contributed by atoms with Crippen molar-refractivity contribution >= 4 is 16.7 Å². The fourth-order valence-corrected chi connectivity index (χ4v) is 2.01. The molecule has 0 saturated carbocycles. The van der Waals surface area contributed by atoms with Crippen LogP contribution in [-0.4, -0.2) is 23.1 Å². The Morgan fingerprint density at radius 2 is 2.11 bits per heavy atom. The van der Waals surface area contributed by atoms with Crippen LogP contribution < -0.4 is 5.32 Å². The minimum atomic E-state index is -0.225. The van der Waals surface area contributed by atoms with Gasteiger partial charge in [-0.2, -0.15) is 4.37 Å². The van der Waals surface area contributed by atoms with E-state index >= 15 is 0 Å². The molecule has 0 aliphatic carbocycles. The van der Waals surface area contributed by atoms with E-state index in [4.69, 9.17) is 4.74 Å². The van der Waals surface area contributed by atoms with Gasteiger partial charge in [-0.25, -0.2) is 9.37 Å². The molecule has 0 amide bonds. The molecule has 0 aliphatic heterocycles. The number of hydrogen-bond acceptors (Lipinski definition) is 5. The van der Waals surface area contributed by atoms with Crippen molar-refractivity contribution in [1.82, 2.24) is 9.36 Å². The van der Waals surface area contributed by atoms with E-state index in [1.165, 1.54) is 23.7 Å². The maximum Gasteiger partial charge on any atom is 0.202 e. The highest BCUT2D eigenvalue weighted by atomic mass is 32.1. The van der Waals surface area contributed by atoms with E-state index < -0.39 is 0 Å². The number of nitrogens with one attached hydrogen (secondary N) is 1. The summed E-state index contributed by atoms with van der Waals surface area (Å²) in [5, 5.41) is 3.93. The van der Waals surface area contributed by atoms with Gasteiger partial charge < -0.3 is 10.1 Å². The molecule has 0 unspecified atom stereocenters. The number of benzene rings is 1. The van der Waals surface area contributed by atoms with Crippen LogP contribution in [0.5, 0.6) is 0 Å². The molecule has 1 aromatic carbocycles. The molecule has 1 heterocycles. The molecule has 1 N–H and O–H groups in total. The first kappa shape index (κ1) is 12.9. The molecule has 2 aromatic rings. The highest BCUT2D eigenvalue weighted by Crippen LogP contribution is 2.13. The molecule has 96 valence electrons. The number of ether oxygens (including phenoxy) is 1. The fraction of sp³-hybridized carbons (Fsp3) is 0.333. The van der Waals surface area contributed by atoms with Crippen LogP contribution >= 0.6 is 11.5 Å². The third-order valence-corrected chi connectivity index (χ3v) is 3.07. The molecule has 0 bridgehead atoms. The smallest absolute Gasteiger partial charge is 0.202 e. The lowest BCUT2D eigenvalue weighted by atomic mass is 10.2. The van der Waals surface area contributed by atoms with Gasteiger partial charge in [-0.1, -0.05) is 12.1 Å². The minimum Gasteiger partial charge on any atom is -0.384 e. The fourth-order valence-electron chi connectivity index (χ4n) is 1.40. The van der Waals surface area contributed by atoms with Crippen LogP contribution in [0.4, 0.5) is 9.52 Å². The third-order valence-electron chi connectivity index (χ3n) is 2.35. The molecule has 2 rings (SSSR count). The number of rotatable bonds is 6. The number of anilines is 1. The van der Waals surface area contributed by atoms with Crippen molar-refractivity contribution in [3.63, 3.8) is 0 Å². The molecule has 0 fully saturated rings. The Morgan fingerprint density at radius 1 is 1.33 bits per heavy atom. The SMILES string of the molecule is COCCc1nsc(NCc2ccc(F)cc2)n1. The van der Waals surface area contributed by atoms with Crippen molar-refractivity contribution < 1.29 is 9.13 Å². The second-order valence-corrected chi connectivity index (χ2v) is 4.49. The van der Waals surface area contributed by atoms with Crippen molar-refractivity contribution in [3.05, 3.63) is 41.5 Å². The molecular formula is C12H14FN3OS. The summed E-state index contributed by atoms with van der Waals surface area (Å²) in [4.78, 5) is 4.32. The largest absolute Gasteiger partial charge is 0.384 e. The summed E-state index contributed by atoms with van der Waals surface area (Å²) in [5.41, 5.74) is 1.00. The summed E-state index contributed by atoms with van der Waals surface area (Å²) < 4.78 is 21.9. The number of aromatic nitrogens is 2. The summed E-state index contributed by atoms with van der Waals surface area (Å²) in [6.07, 6.45) is 0.714. The lowest BCUT2D eigenvalue weighted by Crippen LogP contribution is -2.00. The van der Waals surface area contributed by atoms with Crippen LogP contribution in [0.3, 0.4) is 0 Å². The zero-order valence-electron chi connectivity index (χ0n) is 10.0. The molecule has 0 radical (unpaired) electrons. The third kappa shape index (κ3) is 3.75. The maximum atomic E-state index is 12.7. The molecule has 0 aliphatic rings. The highest BCUT2D eigenvalue weighted by molar-refractivity contribution is 7.09. The standard InChI is InChI=1S/C12H14FN3OS/c1-17-7-6-11-15-12(18-16-11)14-8-9-2-4-10(13)5-3-9/h2-5H,6-8H2,1H3,(H,14,15,16). The number of halogens is 1. The zero-order chi connectivity index (χ0) is 12.8. The van der Waals surface area contributed by atoms with E-state index in [1.54, 1.807) is 19.2 Å². The van der Waals surface area contributed by atoms with Crippen molar-refractivity contribution in [1.29, 1.82) is 0 Å². The van der Waals surface area contributed by atoms with E-state index in [9.17, 15) is 4.39 Å². The molecule has 6 heteroatoms. The average Bonchev–Trinajstić information content (AvgIpc) is 2.84. The van der Waals surface area contributed by atoms with E-state index in [2.05, 4.69) is 14.7 Å². The van der Waals surface area contributed by atoms with Gasteiger partial charge in [0.15, 0.2) is 0 Å². The van der Waals surface area contributed by atoms with Crippen molar-refractivity contribution in [2.24, 2.45) is 0 Å². The molecule has 4 nitrogen and oxygen atoms in total. The Kier molecular flexibility index (Phi) is 4.60. The van der Waals surface area contributed by atoms with E-state index in [0.717, 1.165) is 16.5 Å². The predicted molar refractivity (Wildman–Crippen MR) is 69.2 cm³/mol. The van der Waals surface area contributed by atoms with Gasteiger partial charge in [-0.3, -0.25) is 0 Å². The molecule has 18 heavy (non-hydrogen) atoms. The number of hydrogen-bond donors (Lipinski definition) is 1. The Balaban J connectivity index is 1.86. The minimum absolute atomic E-state index is 0.225. The van der Waals surface area contributed by atoms with Crippen molar-refractivity contribution in [3.8, 4) is 0 Å². The quantitative estimate of drug-likeness (QED) is 0.873. The van der Waals surface area contributed by atoms with Gasteiger partial charge in [0.05, 0.1) is 6.61 Å². The van der Waals surface area contributed by atoms with E-state index in [-0.39, 0.29) is 5.82 Å². The first-order chi connectivity index (χ1) is 8.78. The normalized spacial score (nSPS) is 10.6. The Morgan fingerprint density at radius 3 is 2.83 bits per heavy atom. The van der Waals surface area contributed by atoms with Gasteiger partial charge in [0.25, 0.3) is 0 Å². The number of methoxy groups -OCH3 is 1. The first-order valence-electron chi connectivity index (χ1n) is 5.58. The van der Waals surface area contributed by atoms with Crippen LogP contribution in [0.1, 0.15) is 11.4 Å². The van der Waals surface area contributed by atoms with Crippen LogP contribution in [0.15, 0.2) is 24.3 Å². The van der Waals surface area contributed by atoms with Gasteiger partial charge in [0, 0.05) is 31.6 Å². The van der Waals surface area contributed by atoms with Crippen LogP contribution in [-0.2, 0) is 17.7 Å². The van der Waals surface area contributed by atoms with Gasteiger partial charge in [-0.15, -0.1) is 0 Å². The zero-order valence-corrected chi connectivity index (χ0v) is 10.8. The Bertz CT molecular complexity index is 486. The van der Waals surface area contributed by atoms with E-state index in [1.807, 2.05) is 0 Å². The molecule has 0 spiro atoms. The van der Waals surface area contributed by atoms with Crippen LogP contribution in [0.2, 0.25) is 0 Å². The molecule has 0 atom stereocenters. The monoisotopic (exact) mass is 267 g/mol. The Labute approximate surface area is 109 Å². The lowest BCUT2D eigenvalue weighted by molar-refractivity contribution is 0.201. The van der Waals surface area contributed by atoms with Gasteiger partial charge >= 0.3 is 0 Å². The predicted octanol–water partition coefficient (Wildman–Crippen LogP) is 2.48. The molecular weight excluding hydrogens is 253 g/mol. The van der Waals surface area contributed by atoms with Crippen molar-refractivity contribution in [2.45, 2.75) is 13.0 Å². The van der Waals surface area contributed by atoms with Crippen LogP contribution in [0.25, 0.3) is 0 Å². The summed E-state index contributed by atoms with van der Waals surface area (Å²) in [7, 11) is 1.65. The summed E-state index contributed by atoms with van der Waals surface area (Å²) in [6, 6.07) is 6.38. The van der Waals surface area contributed by atoms with Gasteiger partial charge in [0.2, 0.25) is 5.13 Å². The molecule has 0 saturated heterocycles. The number of nitrogens with zero attached hydrogens (tertiary/aromatic N) is 2. The van der Waals surface area contributed by atoms with Gasteiger partial charge in [-0.05, 0) is 17.7 Å². The highest BCUT2D eigenvalue weighted by Gasteiger charge is 2.03. The summed E-state index contributed by atoms with van der Waals surface area (Å²) in [5.74, 6) is 0.556. The Hall–Kier alpha value is -1.53. The first-order valence-corrected chi connectivity index (χ1v) is 6.35. The molecule has 1 aromatic heterocycles. The summed E-state index contributed by atoms with van der Waals surface area (Å²) >= 11 is 1.32. The topological polar surface area (TPSA) is 47.0 Å². The second kappa shape index (κ2) is 6.42. The average molecular weight is 267 g/mol. The second-order valence-electron chi connectivity index (χ2n) is 3.74. The summed E-state index contributed by atoms with van der Waals surface area (Å²) in [6.45, 7) is 1.23. The van der Waals surface area contributed by atoms with Crippen molar-refractivity contribution in [2.75, 3.05) is 19.0 Å². The van der Waals surface area contributed by atoms with Gasteiger partial charge in [0.1, 0.15) is 11.6 Å².